The minimum atomic E-state index is -0.824. The first-order chi connectivity index (χ1) is 19.7. The van der Waals surface area contributed by atoms with Crippen molar-refractivity contribution in [3.8, 4) is 0 Å². The summed E-state index contributed by atoms with van der Waals surface area (Å²) in [6, 6.07) is 8.57. The molecule has 2 aliphatic rings. The lowest BCUT2D eigenvalue weighted by Crippen LogP contribution is -2.55. The van der Waals surface area contributed by atoms with E-state index in [-0.39, 0.29) is 43.2 Å². The van der Waals surface area contributed by atoms with Gasteiger partial charge < -0.3 is 25.3 Å². The van der Waals surface area contributed by atoms with E-state index < -0.39 is 36.5 Å². The number of hydrogen-bond donors (Lipinski definition) is 3. The fourth-order valence-electron chi connectivity index (χ4n) is 5.87. The van der Waals surface area contributed by atoms with E-state index in [1.165, 1.54) is 0 Å². The van der Waals surface area contributed by atoms with E-state index in [0.717, 1.165) is 22.4 Å². The number of aryl methyl sites for hydroxylation is 2. The minimum absolute atomic E-state index is 0.0755. The Hall–Kier alpha value is -3.53. The third-order valence-electron chi connectivity index (χ3n) is 8.41. The molecule has 0 saturated heterocycles. The van der Waals surface area contributed by atoms with E-state index >= 15 is 0 Å². The number of nitrogens with one attached hydrogen (secondary N) is 3. The van der Waals surface area contributed by atoms with Gasteiger partial charge in [-0.15, -0.1) is 0 Å². The van der Waals surface area contributed by atoms with Gasteiger partial charge in [0.05, 0.1) is 18.4 Å². The first-order valence-corrected chi connectivity index (χ1v) is 14.5. The zero-order valence-electron chi connectivity index (χ0n) is 24.1. The van der Waals surface area contributed by atoms with Gasteiger partial charge in [-0.05, 0) is 48.4 Å². The molecule has 5 atom stereocenters. The average Bonchev–Trinajstić information content (AvgIpc) is 3.29. The molecule has 0 fully saturated rings. The molecule has 0 saturated carbocycles. The van der Waals surface area contributed by atoms with Crippen LogP contribution in [0, 0.1) is 18.8 Å². The maximum absolute atomic E-state index is 13.8. The van der Waals surface area contributed by atoms with Gasteiger partial charge in [-0.25, -0.2) is 4.39 Å². The van der Waals surface area contributed by atoms with Crippen LogP contribution in [0.3, 0.4) is 0 Å². The second kappa shape index (κ2) is 13.9. The molecular formula is C31H41FN4O5. The van der Waals surface area contributed by atoms with Crippen molar-refractivity contribution >= 4 is 23.5 Å². The normalized spacial score (nSPS) is 21.3. The smallest absolute Gasteiger partial charge is 0.246 e. The molecule has 2 aromatic rings. The van der Waals surface area contributed by atoms with Crippen molar-refractivity contribution in [2.24, 2.45) is 11.8 Å². The number of halogens is 1. The number of benzene rings is 1. The molecule has 1 aromatic carbocycles. The molecule has 10 heteroatoms. The summed E-state index contributed by atoms with van der Waals surface area (Å²) in [5, 5.41) is 8.80. The summed E-state index contributed by atoms with van der Waals surface area (Å²) < 4.78 is 19.3. The first-order valence-electron chi connectivity index (χ1n) is 14.5. The van der Waals surface area contributed by atoms with E-state index in [9.17, 15) is 23.6 Å². The van der Waals surface area contributed by atoms with Crippen molar-refractivity contribution in [1.82, 2.24) is 20.5 Å². The van der Waals surface area contributed by atoms with Crippen molar-refractivity contribution in [3.05, 3.63) is 58.9 Å². The number of carbonyl (C=O) groups excluding carboxylic acids is 4. The summed E-state index contributed by atoms with van der Waals surface area (Å²) in [5.41, 5.74) is 4.04. The Bertz CT molecular complexity index is 1260. The van der Waals surface area contributed by atoms with Crippen molar-refractivity contribution in [1.29, 1.82) is 0 Å². The standard InChI is InChI=1S/C31H41FN4O5/c1-4-19(2)28(35-26(38)18-41-14-12-32)31(40)34-24-10-9-21-11-13-36-17-23(15-25(37)27(24)29(21)36)30(39)33-16-22-8-6-5-7-20(22)3/h5-8,11,13,19,23-24,27-28H,4,9-10,12,14-18H2,1-3H3,(H,33,39)(H,34,40)(H,35,38)/t19?,23-,24-,27?,28?/m0/s1. The average molecular weight is 569 g/mol. The van der Waals surface area contributed by atoms with E-state index in [1.54, 1.807) is 0 Å². The predicted molar refractivity (Wildman–Crippen MR) is 152 cm³/mol. The fourth-order valence-corrected chi connectivity index (χ4v) is 5.87. The molecule has 3 N–H and O–H groups in total. The Morgan fingerprint density at radius 3 is 2.71 bits per heavy atom. The molecule has 0 spiro atoms. The van der Waals surface area contributed by atoms with Crippen LogP contribution in [-0.4, -0.2) is 60.0 Å². The van der Waals surface area contributed by atoms with Crippen LogP contribution < -0.4 is 16.0 Å². The fraction of sp³-hybridized carbons (Fsp3) is 0.548. The van der Waals surface area contributed by atoms with Crippen molar-refractivity contribution in [2.45, 2.75) is 77.5 Å². The number of alkyl halides is 1. The lowest BCUT2D eigenvalue weighted by Gasteiger charge is -2.34. The zero-order valence-corrected chi connectivity index (χ0v) is 24.1. The second-order valence-electron chi connectivity index (χ2n) is 11.2. The van der Waals surface area contributed by atoms with Gasteiger partial charge in [0.2, 0.25) is 17.7 Å². The van der Waals surface area contributed by atoms with Crippen LogP contribution >= 0.6 is 0 Å². The van der Waals surface area contributed by atoms with Crippen molar-refractivity contribution in [3.63, 3.8) is 0 Å². The molecule has 4 rings (SSSR count). The van der Waals surface area contributed by atoms with Gasteiger partial charge in [-0.2, -0.15) is 0 Å². The lowest BCUT2D eigenvalue weighted by atomic mass is 9.79. The van der Waals surface area contributed by atoms with E-state index in [2.05, 4.69) is 16.0 Å². The van der Waals surface area contributed by atoms with Gasteiger partial charge in [-0.3, -0.25) is 19.2 Å². The predicted octanol–water partition coefficient (Wildman–Crippen LogP) is 2.73. The number of ketones is 1. The van der Waals surface area contributed by atoms with Gasteiger partial charge in [0.1, 0.15) is 25.1 Å². The Kier molecular flexibility index (Phi) is 10.3. The second-order valence-corrected chi connectivity index (χ2v) is 11.2. The van der Waals surface area contributed by atoms with Crippen LogP contribution in [0.15, 0.2) is 36.5 Å². The van der Waals surface area contributed by atoms with Gasteiger partial charge >= 0.3 is 0 Å². The van der Waals surface area contributed by atoms with Crippen LogP contribution in [0.1, 0.15) is 61.4 Å². The number of rotatable bonds is 12. The summed E-state index contributed by atoms with van der Waals surface area (Å²) in [7, 11) is 0. The highest BCUT2D eigenvalue weighted by Gasteiger charge is 2.43. The van der Waals surface area contributed by atoms with Crippen LogP contribution in [0.5, 0.6) is 0 Å². The summed E-state index contributed by atoms with van der Waals surface area (Å²) in [6.45, 7) is 5.36. The maximum atomic E-state index is 13.8. The summed E-state index contributed by atoms with van der Waals surface area (Å²) in [4.78, 5) is 52.9. The van der Waals surface area contributed by atoms with Crippen LogP contribution in [-0.2, 0) is 43.4 Å². The Labute approximate surface area is 240 Å². The minimum Gasteiger partial charge on any atom is -0.369 e. The topological polar surface area (TPSA) is 119 Å². The van der Waals surface area contributed by atoms with Gasteiger partial charge in [0.15, 0.2) is 0 Å². The lowest BCUT2D eigenvalue weighted by molar-refractivity contribution is -0.133. The molecule has 9 nitrogen and oxygen atoms in total. The van der Waals surface area contributed by atoms with Crippen LogP contribution in [0.4, 0.5) is 4.39 Å². The monoisotopic (exact) mass is 568 g/mol. The molecule has 0 radical (unpaired) electrons. The maximum Gasteiger partial charge on any atom is 0.246 e. The number of amides is 3. The highest BCUT2D eigenvalue weighted by Crippen LogP contribution is 2.38. The van der Waals surface area contributed by atoms with Crippen molar-refractivity contribution in [2.75, 3.05) is 19.9 Å². The number of hydrogen-bond acceptors (Lipinski definition) is 5. The highest BCUT2D eigenvalue weighted by atomic mass is 19.1. The number of carbonyl (C=O) groups is 4. The van der Waals surface area contributed by atoms with E-state index in [0.29, 0.717) is 32.4 Å². The molecule has 3 amide bonds. The van der Waals surface area contributed by atoms with Gasteiger partial charge in [-0.1, -0.05) is 44.5 Å². The number of ether oxygens (including phenoxy) is 1. The Balaban J connectivity index is 1.47. The molecule has 2 heterocycles. The molecule has 0 bridgehead atoms. The molecule has 41 heavy (non-hydrogen) atoms. The Morgan fingerprint density at radius 1 is 1.20 bits per heavy atom. The quantitative estimate of drug-likeness (QED) is 0.341. The van der Waals surface area contributed by atoms with E-state index in [1.807, 2.05) is 61.9 Å². The molecular weight excluding hydrogens is 527 g/mol. The largest absolute Gasteiger partial charge is 0.369 e. The highest BCUT2D eigenvalue weighted by molar-refractivity contribution is 5.93. The summed E-state index contributed by atoms with van der Waals surface area (Å²) in [6.07, 6.45) is 3.92. The number of nitrogens with zero attached hydrogens (tertiary/aromatic N) is 1. The zero-order chi connectivity index (χ0) is 29.5. The molecule has 222 valence electrons. The van der Waals surface area contributed by atoms with Crippen LogP contribution in [0.2, 0.25) is 0 Å². The first kappa shape index (κ1) is 30.4. The molecule has 1 aliphatic carbocycles. The molecule has 3 unspecified atom stereocenters. The summed E-state index contributed by atoms with van der Waals surface area (Å²) in [5.74, 6) is -2.38. The Morgan fingerprint density at radius 2 is 1.98 bits per heavy atom. The van der Waals surface area contributed by atoms with Gasteiger partial charge in [0.25, 0.3) is 0 Å². The number of Topliss-reactive ketones (excluding diaryl/α,β-unsaturated/α-hetero) is 1. The SMILES string of the molecule is CCC(C)C(NC(=O)COCCF)C(=O)N[C@H]1CCc2ccn3c2C1C(=O)C[C@H](C(=O)NCc1ccccc1C)C3. The van der Waals surface area contributed by atoms with Crippen molar-refractivity contribution < 1.29 is 28.3 Å². The van der Waals surface area contributed by atoms with Gasteiger partial charge in [0, 0.05) is 37.4 Å². The number of aromatic nitrogens is 1. The third kappa shape index (κ3) is 7.22. The van der Waals surface area contributed by atoms with Crippen LogP contribution in [0.25, 0.3) is 0 Å². The summed E-state index contributed by atoms with van der Waals surface area (Å²) >= 11 is 0. The molecule has 1 aromatic heterocycles. The van der Waals surface area contributed by atoms with E-state index in [4.69, 9.17) is 4.74 Å². The molecule has 1 aliphatic heterocycles. The third-order valence-corrected chi connectivity index (χ3v) is 8.41.